The molecule has 0 amide bonds. The lowest BCUT2D eigenvalue weighted by Crippen LogP contribution is -2.45. The topological polar surface area (TPSA) is 64.7 Å². The molecule has 1 rings (SSSR count). The Bertz CT molecular complexity index is 573. The smallest absolute Gasteiger partial charge is 0.125 e. The monoisotopic (exact) mass is 421 g/mol. The molecule has 0 heterocycles. The fraction of sp³-hybridized carbons (Fsp3) is 0.769. The third-order valence-corrected chi connectivity index (χ3v) is 5.72. The van der Waals surface area contributed by atoms with Gasteiger partial charge in [-0.15, -0.1) is 0 Å². The average Bonchev–Trinajstić information content (AvgIpc) is 2.70. The number of ether oxygens (including phenoxy) is 2. The summed E-state index contributed by atoms with van der Waals surface area (Å²) in [5.74, 6) is 2.98. The van der Waals surface area contributed by atoms with Gasteiger partial charge in [0.05, 0.1) is 20.3 Å². The van der Waals surface area contributed by atoms with Crippen molar-refractivity contribution < 1.29 is 14.6 Å². The largest absolute Gasteiger partial charge is 0.496 e. The number of hydrogen-bond acceptors (Lipinski definition) is 4. The highest BCUT2D eigenvalue weighted by atomic mass is 16.5. The number of methoxy groups -OCH3 is 1. The second kappa shape index (κ2) is 14.7. The van der Waals surface area contributed by atoms with E-state index in [1.807, 2.05) is 12.1 Å². The van der Waals surface area contributed by atoms with Gasteiger partial charge in [0.2, 0.25) is 0 Å². The van der Waals surface area contributed by atoms with Crippen LogP contribution in [0.1, 0.15) is 91.0 Å². The van der Waals surface area contributed by atoms with E-state index in [-0.39, 0.29) is 6.61 Å². The molecule has 30 heavy (non-hydrogen) atoms. The van der Waals surface area contributed by atoms with Gasteiger partial charge in [0.25, 0.3) is 0 Å². The minimum atomic E-state index is -0.539. The number of aliphatic hydroxyl groups is 1. The number of benzene rings is 1. The Balaban J connectivity index is 2.38. The van der Waals surface area contributed by atoms with E-state index in [1.54, 1.807) is 7.11 Å². The maximum atomic E-state index is 9.73. The average molecular weight is 422 g/mol. The Hall–Kier alpha value is -1.26. The van der Waals surface area contributed by atoms with Crippen molar-refractivity contribution in [2.45, 2.75) is 97.4 Å². The summed E-state index contributed by atoms with van der Waals surface area (Å²) in [6.45, 7) is 9.62. The molecule has 174 valence electrons. The number of hydrogen-bond donors (Lipinski definition) is 2. The molecule has 0 spiro atoms. The van der Waals surface area contributed by atoms with Gasteiger partial charge in [-0.1, -0.05) is 72.3 Å². The third-order valence-electron chi connectivity index (χ3n) is 5.72. The van der Waals surface area contributed by atoms with Gasteiger partial charge in [0.15, 0.2) is 0 Å². The minimum absolute atomic E-state index is 0.00637. The molecule has 0 aliphatic carbocycles. The van der Waals surface area contributed by atoms with E-state index in [0.717, 1.165) is 55.3 Å². The molecular weight excluding hydrogens is 374 g/mol. The lowest BCUT2D eigenvalue weighted by atomic mass is 9.85. The van der Waals surface area contributed by atoms with Gasteiger partial charge in [0, 0.05) is 11.6 Å². The standard InChI is InChI=1S/C26H47NO3/c1-21(2)12-10-8-6-7-9-11-17-30-24-14-13-23(25(18-24)29-5)15-16-26(27,20-28)19-22(3)4/h13-14,18,21-22,28H,6-12,15-17,19-20,27H2,1-5H3/t26-/m0/s1. The quantitative estimate of drug-likeness (QED) is 0.297. The van der Waals surface area contributed by atoms with Gasteiger partial charge in [-0.3, -0.25) is 0 Å². The van der Waals surface area contributed by atoms with Crippen LogP contribution < -0.4 is 15.2 Å². The van der Waals surface area contributed by atoms with Gasteiger partial charge in [0.1, 0.15) is 11.5 Å². The van der Waals surface area contributed by atoms with Crippen LogP contribution in [0.2, 0.25) is 0 Å². The van der Waals surface area contributed by atoms with Crippen LogP contribution in [0.25, 0.3) is 0 Å². The van der Waals surface area contributed by atoms with Crippen molar-refractivity contribution >= 4 is 0 Å². The van der Waals surface area contributed by atoms with Gasteiger partial charge >= 0.3 is 0 Å². The Morgan fingerprint density at radius 1 is 0.967 bits per heavy atom. The van der Waals surface area contributed by atoms with Gasteiger partial charge in [-0.25, -0.2) is 0 Å². The molecule has 0 saturated heterocycles. The molecule has 0 bridgehead atoms. The van der Waals surface area contributed by atoms with Crippen LogP contribution in [-0.4, -0.2) is 31.0 Å². The molecule has 0 unspecified atom stereocenters. The SMILES string of the molecule is COc1cc(OCCCCCCCCC(C)C)ccc1CC[C@@](N)(CO)CC(C)C. The summed E-state index contributed by atoms with van der Waals surface area (Å²) in [6, 6.07) is 6.06. The van der Waals surface area contributed by atoms with E-state index < -0.39 is 5.54 Å². The fourth-order valence-corrected chi connectivity index (χ4v) is 4.02. The summed E-state index contributed by atoms with van der Waals surface area (Å²) >= 11 is 0. The molecule has 3 N–H and O–H groups in total. The molecule has 4 nitrogen and oxygen atoms in total. The predicted octanol–water partition coefficient (Wildman–Crippen LogP) is 6.13. The Morgan fingerprint density at radius 2 is 1.63 bits per heavy atom. The maximum Gasteiger partial charge on any atom is 0.125 e. The molecular formula is C26H47NO3. The zero-order valence-corrected chi connectivity index (χ0v) is 20.2. The van der Waals surface area contributed by atoms with E-state index in [0.29, 0.717) is 5.92 Å². The predicted molar refractivity (Wildman–Crippen MR) is 127 cm³/mol. The first-order chi connectivity index (χ1) is 14.3. The third kappa shape index (κ3) is 11.2. The van der Waals surface area contributed by atoms with Crippen LogP contribution in [0.3, 0.4) is 0 Å². The van der Waals surface area contributed by atoms with Gasteiger partial charge in [-0.05, 0) is 49.1 Å². The van der Waals surface area contributed by atoms with Crippen LogP contribution in [-0.2, 0) is 6.42 Å². The summed E-state index contributed by atoms with van der Waals surface area (Å²) in [6.07, 6.45) is 11.3. The van der Waals surface area contributed by atoms with E-state index in [1.165, 1.54) is 38.5 Å². The Morgan fingerprint density at radius 3 is 2.23 bits per heavy atom. The van der Waals surface area contributed by atoms with Gasteiger partial charge in [-0.2, -0.15) is 0 Å². The van der Waals surface area contributed by atoms with E-state index in [2.05, 4.69) is 33.8 Å². The minimum Gasteiger partial charge on any atom is -0.496 e. The summed E-state index contributed by atoms with van der Waals surface area (Å²) < 4.78 is 11.5. The fourth-order valence-electron chi connectivity index (χ4n) is 4.02. The first kappa shape index (κ1) is 26.8. The van der Waals surface area contributed by atoms with Gasteiger partial charge < -0.3 is 20.3 Å². The van der Waals surface area contributed by atoms with Crippen molar-refractivity contribution in [1.82, 2.24) is 0 Å². The van der Waals surface area contributed by atoms with Crippen LogP contribution in [0.5, 0.6) is 11.5 Å². The Labute approximate surface area is 185 Å². The summed E-state index contributed by atoms with van der Waals surface area (Å²) in [7, 11) is 1.69. The van der Waals surface area contributed by atoms with Crippen LogP contribution in [0, 0.1) is 11.8 Å². The molecule has 0 fully saturated rings. The highest BCUT2D eigenvalue weighted by molar-refractivity contribution is 5.41. The van der Waals surface area contributed by atoms with Crippen molar-refractivity contribution in [3.8, 4) is 11.5 Å². The second-order valence-corrected chi connectivity index (χ2v) is 9.74. The number of unbranched alkanes of at least 4 members (excludes halogenated alkanes) is 5. The van der Waals surface area contributed by atoms with Crippen LogP contribution >= 0.6 is 0 Å². The lowest BCUT2D eigenvalue weighted by molar-refractivity contribution is 0.165. The van der Waals surface area contributed by atoms with E-state index in [9.17, 15) is 5.11 Å². The first-order valence-corrected chi connectivity index (χ1v) is 12.0. The van der Waals surface area contributed by atoms with Crippen molar-refractivity contribution in [3.63, 3.8) is 0 Å². The van der Waals surface area contributed by atoms with E-state index in [4.69, 9.17) is 15.2 Å². The zero-order chi connectivity index (χ0) is 22.4. The van der Waals surface area contributed by atoms with Crippen molar-refractivity contribution in [2.24, 2.45) is 17.6 Å². The number of rotatable bonds is 17. The highest BCUT2D eigenvalue weighted by Crippen LogP contribution is 2.28. The molecule has 4 heteroatoms. The van der Waals surface area contributed by atoms with Crippen LogP contribution in [0.4, 0.5) is 0 Å². The molecule has 0 radical (unpaired) electrons. The lowest BCUT2D eigenvalue weighted by Gasteiger charge is -2.29. The zero-order valence-electron chi connectivity index (χ0n) is 20.2. The Kier molecular flexibility index (Phi) is 13.1. The van der Waals surface area contributed by atoms with Crippen molar-refractivity contribution in [1.29, 1.82) is 0 Å². The molecule has 1 aromatic carbocycles. The molecule has 0 aromatic heterocycles. The maximum absolute atomic E-state index is 9.73. The molecule has 0 aliphatic rings. The molecule has 1 aromatic rings. The number of aliphatic hydroxyl groups excluding tert-OH is 1. The number of nitrogens with two attached hydrogens (primary N) is 1. The summed E-state index contributed by atoms with van der Waals surface area (Å²) in [5.41, 5.74) is 6.97. The normalized spacial score (nSPS) is 13.6. The molecule has 1 atom stereocenters. The summed E-state index contributed by atoms with van der Waals surface area (Å²) in [5, 5.41) is 9.73. The molecule has 0 aliphatic heterocycles. The first-order valence-electron chi connectivity index (χ1n) is 12.0. The van der Waals surface area contributed by atoms with Crippen molar-refractivity contribution in [2.75, 3.05) is 20.3 Å². The van der Waals surface area contributed by atoms with Crippen LogP contribution in [0.15, 0.2) is 18.2 Å². The molecule has 0 saturated carbocycles. The van der Waals surface area contributed by atoms with E-state index >= 15 is 0 Å². The van der Waals surface area contributed by atoms with Crippen molar-refractivity contribution in [3.05, 3.63) is 23.8 Å². The highest BCUT2D eigenvalue weighted by Gasteiger charge is 2.25. The summed E-state index contributed by atoms with van der Waals surface area (Å²) in [4.78, 5) is 0. The number of aryl methyl sites for hydroxylation is 1. The second-order valence-electron chi connectivity index (χ2n) is 9.74.